The van der Waals surface area contributed by atoms with Crippen molar-refractivity contribution in [1.82, 2.24) is 4.98 Å². The number of para-hydroxylation sites is 1. The van der Waals surface area contributed by atoms with Gasteiger partial charge in [0.1, 0.15) is 7.05 Å². The zero-order chi connectivity index (χ0) is 13.1. The minimum atomic E-state index is 1.03. The van der Waals surface area contributed by atoms with Crippen LogP contribution in [0.5, 0.6) is 0 Å². The summed E-state index contributed by atoms with van der Waals surface area (Å²) in [6.07, 6.45) is 10.2. The van der Waals surface area contributed by atoms with Gasteiger partial charge in [0.15, 0.2) is 12.4 Å². The molecule has 0 unspecified atom stereocenters. The molecule has 0 saturated carbocycles. The third-order valence-corrected chi connectivity index (χ3v) is 3.14. The third-order valence-electron chi connectivity index (χ3n) is 3.14. The molecule has 0 spiro atoms. The molecule has 0 fully saturated rings. The zero-order valence-corrected chi connectivity index (χ0v) is 10.8. The fourth-order valence-electron chi connectivity index (χ4n) is 2.07. The number of aromatic nitrogens is 2. The van der Waals surface area contributed by atoms with Gasteiger partial charge in [0.25, 0.3) is 0 Å². The number of hydrogen-bond acceptors (Lipinski definition) is 1. The van der Waals surface area contributed by atoms with Crippen molar-refractivity contribution in [3.63, 3.8) is 0 Å². The van der Waals surface area contributed by atoms with Gasteiger partial charge in [-0.15, -0.1) is 0 Å². The van der Waals surface area contributed by atoms with E-state index in [2.05, 4.69) is 35.3 Å². The van der Waals surface area contributed by atoms with E-state index >= 15 is 0 Å². The average molecular weight is 247 g/mol. The highest BCUT2D eigenvalue weighted by atomic mass is 14.9. The monoisotopic (exact) mass is 247 g/mol. The summed E-state index contributed by atoms with van der Waals surface area (Å²) < 4.78 is 2.03. The van der Waals surface area contributed by atoms with Crippen molar-refractivity contribution in [1.29, 1.82) is 0 Å². The second kappa shape index (κ2) is 5.02. The Morgan fingerprint density at radius 3 is 2.58 bits per heavy atom. The van der Waals surface area contributed by atoms with E-state index in [1.165, 1.54) is 16.5 Å². The Labute approximate surface area is 112 Å². The summed E-state index contributed by atoms with van der Waals surface area (Å²) in [5.41, 5.74) is 3.42. The molecule has 0 atom stereocenters. The lowest BCUT2D eigenvalue weighted by Crippen LogP contribution is -2.25. The molecule has 0 aliphatic carbocycles. The summed E-state index contributed by atoms with van der Waals surface area (Å²) in [7, 11) is 2.02. The molecule has 0 saturated heterocycles. The summed E-state index contributed by atoms with van der Waals surface area (Å²) in [5.74, 6) is 0. The van der Waals surface area contributed by atoms with Crippen LogP contribution >= 0.6 is 0 Å². The Morgan fingerprint density at radius 2 is 1.74 bits per heavy atom. The first kappa shape index (κ1) is 11.6. The quantitative estimate of drug-likeness (QED) is 0.635. The van der Waals surface area contributed by atoms with Crippen molar-refractivity contribution in [2.45, 2.75) is 0 Å². The maximum atomic E-state index is 4.37. The Hall–Kier alpha value is -2.48. The van der Waals surface area contributed by atoms with Crippen molar-refractivity contribution >= 4 is 23.1 Å². The molecule has 0 radical (unpaired) electrons. The largest absolute Gasteiger partial charge is 0.256 e. The van der Waals surface area contributed by atoms with Crippen LogP contribution in [0.2, 0.25) is 0 Å². The van der Waals surface area contributed by atoms with Crippen LogP contribution in [0.15, 0.2) is 61.1 Å². The van der Waals surface area contributed by atoms with Gasteiger partial charge >= 0.3 is 0 Å². The van der Waals surface area contributed by atoms with Crippen LogP contribution < -0.4 is 4.57 Å². The number of nitrogens with zero attached hydrogens (tertiary/aromatic N) is 2. The van der Waals surface area contributed by atoms with Crippen LogP contribution in [0.1, 0.15) is 11.1 Å². The summed E-state index contributed by atoms with van der Waals surface area (Å²) in [4.78, 5) is 4.37. The molecule has 0 bridgehead atoms. The average Bonchev–Trinajstić information content (AvgIpc) is 2.47. The highest BCUT2D eigenvalue weighted by Gasteiger charge is 1.98. The van der Waals surface area contributed by atoms with Gasteiger partial charge in [-0.2, -0.15) is 0 Å². The van der Waals surface area contributed by atoms with Crippen molar-refractivity contribution in [3.05, 3.63) is 72.2 Å². The van der Waals surface area contributed by atoms with E-state index in [-0.39, 0.29) is 0 Å². The highest BCUT2D eigenvalue weighted by molar-refractivity contribution is 5.90. The zero-order valence-electron chi connectivity index (χ0n) is 10.8. The fraction of sp³-hybridized carbons (Fsp3) is 0.0588. The number of rotatable bonds is 2. The molecule has 19 heavy (non-hydrogen) atoms. The lowest BCUT2D eigenvalue weighted by Gasteiger charge is -2.00. The summed E-state index contributed by atoms with van der Waals surface area (Å²) in [6, 6.07) is 14.4. The van der Waals surface area contributed by atoms with E-state index in [4.69, 9.17) is 0 Å². The summed E-state index contributed by atoms with van der Waals surface area (Å²) >= 11 is 0. The molecular weight excluding hydrogens is 232 g/mol. The maximum absolute atomic E-state index is 4.37. The standard InChI is InChI=1S/C17H15N2/c1-19-12-9-14(10-13-19)6-7-15-8-11-18-17-5-3-2-4-16(15)17/h2-13H,1H3/q+1/b7-6+. The van der Waals surface area contributed by atoms with Gasteiger partial charge in [-0.05, 0) is 23.3 Å². The van der Waals surface area contributed by atoms with Crippen LogP contribution in [-0.2, 0) is 7.05 Å². The lowest BCUT2D eigenvalue weighted by atomic mass is 10.1. The first-order valence-electron chi connectivity index (χ1n) is 6.30. The molecule has 0 N–H and O–H groups in total. The molecule has 2 heterocycles. The van der Waals surface area contributed by atoms with Gasteiger partial charge in [-0.25, -0.2) is 4.57 Å². The molecule has 2 heteroatoms. The number of aryl methyl sites for hydroxylation is 1. The van der Waals surface area contributed by atoms with Crippen LogP contribution in [0.3, 0.4) is 0 Å². The maximum Gasteiger partial charge on any atom is 0.169 e. The van der Waals surface area contributed by atoms with Gasteiger partial charge in [0.2, 0.25) is 0 Å². The molecule has 1 aromatic carbocycles. The van der Waals surface area contributed by atoms with Crippen molar-refractivity contribution in [2.24, 2.45) is 7.05 Å². The first-order chi connectivity index (χ1) is 9.33. The lowest BCUT2D eigenvalue weighted by molar-refractivity contribution is -0.671. The van der Waals surface area contributed by atoms with Crippen LogP contribution in [-0.4, -0.2) is 4.98 Å². The SMILES string of the molecule is C[n+]1ccc(/C=C/c2ccnc3ccccc23)cc1. The number of pyridine rings is 2. The van der Waals surface area contributed by atoms with Crippen molar-refractivity contribution < 1.29 is 4.57 Å². The predicted octanol–water partition coefficient (Wildman–Crippen LogP) is 3.23. The molecule has 0 aliphatic heterocycles. The minimum Gasteiger partial charge on any atom is -0.256 e. The molecular formula is C17H15N2+. The van der Waals surface area contributed by atoms with E-state index in [0.717, 1.165) is 5.52 Å². The molecule has 3 aromatic rings. The third kappa shape index (κ3) is 2.52. The molecule has 2 nitrogen and oxygen atoms in total. The normalized spacial score (nSPS) is 11.2. The summed E-state index contributed by atoms with van der Waals surface area (Å²) in [5, 5.41) is 1.18. The molecule has 3 rings (SSSR count). The Morgan fingerprint density at radius 1 is 0.947 bits per heavy atom. The van der Waals surface area contributed by atoms with Crippen molar-refractivity contribution in [3.8, 4) is 0 Å². The minimum absolute atomic E-state index is 1.03. The van der Waals surface area contributed by atoms with Gasteiger partial charge in [0, 0.05) is 23.7 Å². The van der Waals surface area contributed by atoms with E-state index in [0.29, 0.717) is 0 Å². The Kier molecular flexibility index (Phi) is 3.07. The second-order valence-corrected chi connectivity index (χ2v) is 4.55. The number of hydrogen-bond donors (Lipinski definition) is 0. The van der Waals surface area contributed by atoms with Crippen molar-refractivity contribution in [2.75, 3.05) is 0 Å². The summed E-state index contributed by atoms with van der Waals surface area (Å²) in [6.45, 7) is 0. The number of fused-ring (bicyclic) bond motifs is 1. The molecule has 0 amide bonds. The highest BCUT2D eigenvalue weighted by Crippen LogP contribution is 2.18. The van der Waals surface area contributed by atoms with E-state index in [9.17, 15) is 0 Å². The van der Waals surface area contributed by atoms with Gasteiger partial charge in [-0.1, -0.05) is 30.4 Å². The van der Waals surface area contributed by atoms with Gasteiger partial charge < -0.3 is 0 Å². The topological polar surface area (TPSA) is 16.8 Å². The number of benzene rings is 1. The van der Waals surface area contributed by atoms with Gasteiger partial charge in [0.05, 0.1) is 5.52 Å². The molecule has 2 aromatic heterocycles. The molecule has 92 valence electrons. The first-order valence-corrected chi connectivity index (χ1v) is 6.30. The Bertz CT molecular complexity index is 722. The fourth-order valence-corrected chi connectivity index (χ4v) is 2.07. The predicted molar refractivity (Wildman–Crippen MR) is 78.3 cm³/mol. The smallest absolute Gasteiger partial charge is 0.169 e. The van der Waals surface area contributed by atoms with E-state index in [1.54, 1.807) is 0 Å². The van der Waals surface area contributed by atoms with E-state index in [1.807, 2.05) is 54.5 Å². The van der Waals surface area contributed by atoms with Crippen LogP contribution in [0.25, 0.3) is 23.1 Å². The second-order valence-electron chi connectivity index (χ2n) is 4.55. The molecule has 0 aliphatic rings. The van der Waals surface area contributed by atoms with Crippen LogP contribution in [0.4, 0.5) is 0 Å². The van der Waals surface area contributed by atoms with E-state index < -0.39 is 0 Å². The van der Waals surface area contributed by atoms with Gasteiger partial charge in [-0.3, -0.25) is 4.98 Å². The Balaban J connectivity index is 1.99. The van der Waals surface area contributed by atoms with Crippen LogP contribution in [0, 0.1) is 0 Å².